The molecule has 0 spiro atoms. The first-order chi connectivity index (χ1) is 9.50. The van der Waals surface area contributed by atoms with Gasteiger partial charge in [0, 0.05) is 6.42 Å². The zero-order valence-electron chi connectivity index (χ0n) is 12.1. The van der Waals surface area contributed by atoms with Crippen molar-refractivity contribution >= 4 is 11.5 Å². The summed E-state index contributed by atoms with van der Waals surface area (Å²) in [5.74, 6) is -1.35. The predicted molar refractivity (Wildman–Crippen MR) is 79.4 cm³/mol. The van der Waals surface area contributed by atoms with Crippen LogP contribution in [0, 0.1) is 5.92 Å². The van der Waals surface area contributed by atoms with Gasteiger partial charge in [0.2, 0.25) is 0 Å². The molecule has 1 aromatic rings. The van der Waals surface area contributed by atoms with Crippen LogP contribution in [0.25, 0.3) is 5.57 Å². The summed E-state index contributed by atoms with van der Waals surface area (Å²) in [6, 6.07) is 7.80. The van der Waals surface area contributed by atoms with E-state index in [1.165, 1.54) is 0 Å². The quantitative estimate of drug-likeness (QED) is 0.866. The molecule has 0 aromatic heterocycles. The third kappa shape index (κ3) is 2.78. The number of hydrogen-bond acceptors (Lipinski definition) is 2. The van der Waals surface area contributed by atoms with Gasteiger partial charge in [-0.2, -0.15) is 0 Å². The molecule has 0 heterocycles. The number of fused-ring (bicyclic) bond motifs is 1. The molecule has 2 unspecified atom stereocenters. The molecule has 0 aliphatic heterocycles. The normalized spacial score (nSPS) is 22.9. The zero-order valence-corrected chi connectivity index (χ0v) is 12.1. The highest BCUT2D eigenvalue weighted by Crippen LogP contribution is 2.38. The molecule has 20 heavy (non-hydrogen) atoms. The summed E-state index contributed by atoms with van der Waals surface area (Å²) in [5, 5.41) is 20.1. The fourth-order valence-electron chi connectivity index (χ4n) is 2.92. The van der Waals surface area contributed by atoms with Crippen molar-refractivity contribution in [1.29, 1.82) is 0 Å². The summed E-state index contributed by atoms with van der Waals surface area (Å²) < 4.78 is 0. The SMILES string of the molecule is CCCC(C(=O)O)C1=CC(O)(CC)Cc2ccccc21. The van der Waals surface area contributed by atoms with Crippen LogP contribution in [0.5, 0.6) is 0 Å². The second kappa shape index (κ2) is 5.80. The molecule has 3 nitrogen and oxygen atoms in total. The number of carboxylic acids is 1. The monoisotopic (exact) mass is 274 g/mol. The van der Waals surface area contributed by atoms with E-state index >= 15 is 0 Å². The van der Waals surface area contributed by atoms with Gasteiger partial charge in [0.05, 0.1) is 11.5 Å². The van der Waals surface area contributed by atoms with Crippen molar-refractivity contribution in [3.05, 3.63) is 41.5 Å². The first-order valence-corrected chi connectivity index (χ1v) is 7.27. The highest BCUT2D eigenvalue weighted by Gasteiger charge is 2.34. The minimum absolute atomic E-state index is 0.542. The Morgan fingerprint density at radius 1 is 1.35 bits per heavy atom. The Morgan fingerprint density at radius 2 is 2.05 bits per heavy atom. The summed E-state index contributed by atoms with van der Waals surface area (Å²) >= 11 is 0. The van der Waals surface area contributed by atoms with Gasteiger partial charge in [0.25, 0.3) is 0 Å². The predicted octanol–water partition coefficient (Wildman–Crippen LogP) is 3.27. The minimum Gasteiger partial charge on any atom is -0.481 e. The Bertz CT molecular complexity index is 533. The molecule has 1 aliphatic carbocycles. The van der Waals surface area contributed by atoms with Gasteiger partial charge in [-0.3, -0.25) is 4.79 Å². The van der Waals surface area contributed by atoms with Crippen LogP contribution in [0.3, 0.4) is 0 Å². The summed E-state index contributed by atoms with van der Waals surface area (Å²) in [7, 11) is 0. The first kappa shape index (κ1) is 14.8. The average Bonchev–Trinajstić information content (AvgIpc) is 2.43. The van der Waals surface area contributed by atoms with Gasteiger partial charge >= 0.3 is 5.97 Å². The smallest absolute Gasteiger partial charge is 0.310 e. The molecule has 1 aromatic carbocycles. The summed E-state index contributed by atoms with van der Waals surface area (Å²) in [6.45, 7) is 3.91. The van der Waals surface area contributed by atoms with Crippen molar-refractivity contribution in [3.63, 3.8) is 0 Å². The summed E-state index contributed by atoms with van der Waals surface area (Å²) in [5.41, 5.74) is 1.86. The van der Waals surface area contributed by atoms with Crippen molar-refractivity contribution in [2.24, 2.45) is 5.92 Å². The van der Waals surface area contributed by atoms with Crippen molar-refractivity contribution in [3.8, 4) is 0 Å². The standard InChI is InChI=1S/C17H22O3/c1-3-7-14(16(18)19)15-11-17(20,4-2)10-12-8-5-6-9-13(12)15/h5-6,8-9,11,14,20H,3-4,7,10H2,1-2H3,(H,18,19). The molecule has 3 heteroatoms. The van der Waals surface area contributed by atoms with Crippen LogP contribution in [0.2, 0.25) is 0 Å². The van der Waals surface area contributed by atoms with Crippen LogP contribution in [0.4, 0.5) is 0 Å². The van der Waals surface area contributed by atoms with Gasteiger partial charge in [-0.15, -0.1) is 0 Å². The molecule has 0 saturated carbocycles. The van der Waals surface area contributed by atoms with E-state index in [1.807, 2.05) is 38.1 Å². The lowest BCUT2D eigenvalue weighted by Gasteiger charge is -2.33. The Hall–Kier alpha value is -1.61. The number of aliphatic hydroxyl groups is 1. The number of hydrogen-bond donors (Lipinski definition) is 2. The van der Waals surface area contributed by atoms with Gasteiger partial charge in [0.1, 0.15) is 0 Å². The molecule has 0 radical (unpaired) electrons. The van der Waals surface area contributed by atoms with Crippen LogP contribution >= 0.6 is 0 Å². The molecular formula is C17H22O3. The molecule has 0 amide bonds. The Balaban J connectivity index is 2.53. The molecule has 1 aliphatic rings. The summed E-state index contributed by atoms with van der Waals surface area (Å²) in [6.07, 6.45) is 4.32. The largest absolute Gasteiger partial charge is 0.481 e. The van der Waals surface area contributed by atoms with Crippen molar-refractivity contribution in [2.75, 3.05) is 0 Å². The van der Waals surface area contributed by atoms with Crippen LogP contribution in [0.15, 0.2) is 30.3 Å². The molecule has 2 rings (SSSR count). The number of carboxylic acid groups (broad SMARTS) is 1. The third-order valence-electron chi connectivity index (χ3n) is 4.11. The zero-order chi connectivity index (χ0) is 14.8. The van der Waals surface area contributed by atoms with E-state index in [1.54, 1.807) is 6.08 Å². The highest BCUT2D eigenvalue weighted by molar-refractivity contribution is 5.89. The minimum atomic E-state index is -0.925. The van der Waals surface area contributed by atoms with Crippen LogP contribution in [-0.4, -0.2) is 21.8 Å². The number of benzene rings is 1. The number of rotatable bonds is 5. The molecular weight excluding hydrogens is 252 g/mol. The van der Waals surface area contributed by atoms with Crippen LogP contribution in [0.1, 0.15) is 44.2 Å². The molecule has 108 valence electrons. The maximum Gasteiger partial charge on any atom is 0.310 e. The van der Waals surface area contributed by atoms with E-state index in [2.05, 4.69) is 0 Å². The molecule has 0 fully saturated rings. The third-order valence-corrected chi connectivity index (χ3v) is 4.11. The van der Waals surface area contributed by atoms with E-state index in [4.69, 9.17) is 0 Å². The second-order valence-corrected chi connectivity index (χ2v) is 5.57. The lowest BCUT2D eigenvalue weighted by molar-refractivity contribution is -0.139. The first-order valence-electron chi connectivity index (χ1n) is 7.27. The Morgan fingerprint density at radius 3 is 2.65 bits per heavy atom. The van der Waals surface area contributed by atoms with E-state index < -0.39 is 17.5 Å². The van der Waals surface area contributed by atoms with Crippen molar-refractivity contribution in [1.82, 2.24) is 0 Å². The second-order valence-electron chi connectivity index (χ2n) is 5.57. The molecule has 0 bridgehead atoms. The van der Waals surface area contributed by atoms with Crippen LogP contribution in [-0.2, 0) is 11.2 Å². The maximum atomic E-state index is 11.6. The van der Waals surface area contributed by atoms with Gasteiger partial charge < -0.3 is 10.2 Å². The Labute approximate surface area is 120 Å². The van der Waals surface area contributed by atoms with Gasteiger partial charge in [-0.25, -0.2) is 0 Å². The topological polar surface area (TPSA) is 57.5 Å². The fraction of sp³-hybridized carbons (Fsp3) is 0.471. The average molecular weight is 274 g/mol. The van der Waals surface area contributed by atoms with Crippen molar-refractivity contribution in [2.45, 2.75) is 45.1 Å². The van der Waals surface area contributed by atoms with E-state index in [0.29, 0.717) is 19.3 Å². The van der Waals surface area contributed by atoms with E-state index in [9.17, 15) is 15.0 Å². The highest BCUT2D eigenvalue weighted by atomic mass is 16.4. The lowest BCUT2D eigenvalue weighted by atomic mass is 9.75. The number of carbonyl (C=O) groups is 1. The van der Waals surface area contributed by atoms with E-state index in [-0.39, 0.29) is 0 Å². The molecule has 0 saturated heterocycles. The number of aliphatic carboxylic acids is 1. The maximum absolute atomic E-state index is 11.6. The lowest BCUT2D eigenvalue weighted by Crippen LogP contribution is -2.33. The van der Waals surface area contributed by atoms with Gasteiger partial charge in [0.15, 0.2) is 0 Å². The summed E-state index contributed by atoms with van der Waals surface area (Å²) in [4.78, 5) is 11.6. The van der Waals surface area contributed by atoms with Crippen LogP contribution < -0.4 is 0 Å². The Kier molecular flexibility index (Phi) is 4.29. The van der Waals surface area contributed by atoms with Crippen molar-refractivity contribution < 1.29 is 15.0 Å². The van der Waals surface area contributed by atoms with Gasteiger partial charge in [-0.1, -0.05) is 44.5 Å². The van der Waals surface area contributed by atoms with Gasteiger partial charge in [-0.05, 0) is 35.6 Å². The molecule has 2 atom stereocenters. The van der Waals surface area contributed by atoms with E-state index in [0.717, 1.165) is 23.1 Å². The molecule has 2 N–H and O–H groups in total. The fourth-order valence-corrected chi connectivity index (χ4v) is 2.92.